The fraction of sp³-hybridized carbons (Fsp3) is 0.333. The molecule has 1 aromatic heterocycles. The molecule has 1 saturated carbocycles. The predicted molar refractivity (Wildman–Crippen MR) is 111 cm³/mol. The van der Waals surface area contributed by atoms with E-state index in [9.17, 15) is 4.79 Å². The fourth-order valence-electron chi connectivity index (χ4n) is 3.37. The number of benzene rings is 2. The van der Waals surface area contributed by atoms with Crippen LogP contribution in [0.5, 0.6) is 5.75 Å². The van der Waals surface area contributed by atoms with E-state index in [0.717, 1.165) is 23.4 Å². The van der Waals surface area contributed by atoms with Gasteiger partial charge in [-0.2, -0.15) is 0 Å². The van der Waals surface area contributed by atoms with Gasteiger partial charge < -0.3 is 14.2 Å². The molecule has 0 bridgehead atoms. The summed E-state index contributed by atoms with van der Waals surface area (Å²) in [5.41, 5.74) is 2.34. The highest BCUT2D eigenvalue weighted by atomic mass is 35.5. The Kier molecular flexibility index (Phi) is 5.21. The van der Waals surface area contributed by atoms with Crippen molar-refractivity contribution in [2.24, 2.45) is 5.92 Å². The number of hydrogen-bond donors (Lipinski definition) is 0. The quantitative estimate of drug-likeness (QED) is 0.564. The third-order valence-corrected chi connectivity index (χ3v) is 5.51. The van der Waals surface area contributed by atoms with Gasteiger partial charge in [-0.25, -0.2) is 4.98 Å². The fourth-order valence-corrected chi connectivity index (χ4v) is 3.70. The smallest absolute Gasteiger partial charge is 0.257 e. The molecule has 0 N–H and O–H groups in total. The van der Waals surface area contributed by atoms with Crippen LogP contribution in [-0.4, -0.2) is 34.5 Å². The number of ether oxygens (including phenoxy) is 1. The number of fused-ring (bicyclic) bond motifs is 1. The van der Waals surface area contributed by atoms with Crippen LogP contribution in [0, 0.1) is 5.92 Å². The first kappa shape index (κ1) is 19.1. The Labute approximate surface area is 173 Å². The highest BCUT2D eigenvalue weighted by Gasteiger charge is 2.26. The van der Waals surface area contributed by atoms with Crippen LogP contribution in [0.4, 0.5) is 0 Å². The molecule has 0 atom stereocenters. The van der Waals surface area contributed by atoms with Gasteiger partial charge in [-0.05, 0) is 55.2 Å². The average Bonchev–Trinajstić information content (AvgIpc) is 3.44. The molecule has 4 rings (SSSR count). The lowest BCUT2D eigenvalue weighted by atomic mass is 10.1. The van der Waals surface area contributed by atoms with Crippen molar-refractivity contribution in [1.82, 2.24) is 14.5 Å². The van der Waals surface area contributed by atoms with Gasteiger partial charge in [-0.15, -0.1) is 0 Å². The van der Waals surface area contributed by atoms with Gasteiger partial charge in [0, 0.05) is 23.6 Å². The Bertz CT molecular complexity index is 1040. The maximum absolute atomic E-state index is 13.0. The summed E-state index contributed by atoms with van der Waals surface area (Å²) in [4.78, 5) is 19.4. The molecule has 28 heavy (non-hydrogen) atoms. The first-order valence-electron chi connectivity index (χ1n) is 9.20. The predicted octanol–water partition coefficient (Wildman–Crippen LogP) is 5.03. The second-order valence-electron chi connectivity index (χ2n) is 7.22. The van der Waals surface area contributed by atoms with E-state index in [1.807, 2.05) is 18.2 Å². The van der Waals surface area contributed by atoms with E-state index in [1.165, 1.54) is 12.8 Å². The van der Waals surface area contributed by atoms with Crippen LogP contribution in [0.2, 0.25) is 10.0 Å². The summed E-state index contributed by atoms with van der Waals surface area (Å²) >= 11 is 12.3. The summed E-state index contributed by atoms with van der Waals surface area (Å²) in [6.45, 7) is 1.28. The second kappa shape index (κ2) is 7.64. The van der Waals surface area contributed by atoms with Crippen molar-refractivity contribution in [2.45, 2.75) is 25.9 Å². The number of nitrogens with zero attached hydrogens (tertiary/aromatic N) is 3. The molecule has 1 heterocycles. The minimum absolute atomic E-state index is 0.164. The number of carbonyl (C=O) groups is 1. The van der Waals surface area contributed by atoms with Gasteiger partial charge in [0.2, 0.25) is 0 Å². The van der Waals surface area contributed by atoms with Crippen molar-refractivity contribution in [3.05, 3.63) is 57.8 Å². The molecule has 3 aromatic rings. The van der Waals surface area contributed by atoms with Crippen LogP contribution < -0.4 is 4.74 Å². The van der Waals surface area contributed by atoms with Gasteiger partial charge in [-0.1, -0.05) is 23.2 Å². The number of imidazole rings is 1. The first-order valence-corrected chi connectivity index (χ1v) is 9.95. The SMILES string of the molecule is COc1ccc(Cl)cc1C(=O)N(C)Cc1nc2ccc(Cl)cc2n1CC1CC1. The van der Waals surface area contributed by atoms with E-state index >= 15 is 0 Å². The molecule has 0 saturated heterocycles. The molecule has 2 aromatic carbocycles. The van der Waals surface area contributed by atoms with Crippen LogP contribution in [0.1, 0.15) is 29.0 Å². The summed E-state index contributed by atoms with van der Waals surface area (Å²) < 4.78 is 7.52. The molecule has 1 fully saturated rings. The minimum atomic E-state index is -0.164. The first-order chi connectivity index (χ1) is 13.5. The van der Waals surface area contributed by atoms with Crippen LogP contribution in [0.25, 0.3) is 11.0 Å². The maximum Gasteiger partial charge on any atom is 0.257 e. The molecule has 1 amide bonds. The molecule has 0 spiro atoms. The molecule has 1 aliphatic carbocycles. The largest absolute Gasteiger partial charge is 0.496 e. The van der Waals surface area contributed by atoms with Crippen molar-refractivity contribution < 1.29 is 9.53 Å². The van der Waals surface area contributed by atoms with Gasteiger partial charge >= 0.3 is 0 Å². The van der Waals surface area contributed by atoms with Crippen molar-refractivity contribution in [2.75, 3.05) is 14.2 Å². The van der Waals surface area contributed by atoms with E-state index in [2.05, 4.69) is 4.57 Å². The molecule has 7 heteroatoms. The molecule has 146 valence electrons. The van der Waals surface area contributed by atoms with Gasteiger partial charge in [0.25, 0.3) is 5.91 Å². The Hall–Kier alpha value is -2.24. The van der Waals surface area contributed by atoms with Crippen molar-refractivity contribution in [1.29, 1.82) is 0 Å². The Morgan fingerprint density at radius 3 is 2.64 bits per heavy atom. The average molecular weight is 418 g/mol. The van der Waals surface area contributed by atoms with E-state index in [4.69, 9.17) is 32.9 Å². The van der Waals surface area contributed by atoms with Gasteiger partial charge in [0.15, 0.2) is 0 Å². The van der Waals surface area contributed by atoms with E-state index in [-0.39, 0.29) is 5.91 Å². The number of hydrogen-bond acceptors (Lipinski definition) is 3. The molecule has 0 unspecified atom stereocenters. The Morgan fingerprint density at radius 1 is 1.21 bits per heavy atom. The Morgan fingerprint density at radius 2 is 1.93 bits per heavy atom. The topological polar surface area (TPSA) is 47.4 Å². The number of methoxy groups -OCH3 is 1. The molecular formula is C21H21Cl2N3O2. The monoisotopic (exact) mass is 417 g/mol. The zero-order valence-electron chi connectivity index (χ0n) is 15.8. The molecule has 0 radical (unpaired) electrons. The normalized spacial score (nSPS) is 13.7. The molecule has 5 nitrogen and oxygen atoms in total. The lowest BCUT2D eigenvalue weighted by molar-refractivity contribution is 0.0776. The van der Waals surface area contributed by atoms with Gasteiger partial charge in [0.05, 0.1) is 30.3 Å². The van der Waals surface area contributed by atoms with Crippen LogP contribution in [-0.2, 0) is 13.1 Å². The lowest BCUT2D eigenvalue weighted by Crippen LogP contribution is -2.28. The van der Waals surface area contributed by atoms with E-state index in [1.54, 1.807) is 37.3 Å². The second-order valence-corrected chi connectivity index (χ2v) is 8.09. The van der Waals surface area contributed by atoms with Crippen LogP contribution in [0.15, 0.2) is 36.4 Å². The van der Waals surface area contributed by atoms with Crippen LogP contribution in [0.3, 0.4) is 0 Å². The van der Waals surface area contributed by atoms with Gasteiger partial charge in [-0.3, -0.25) is 4.79 Å². The summed E-state index contributed by atoms with van der Waals surface area (Å²) in [5.74, 6) is 1.85. The highest BCUT2D eigenvalue weighted by Crippen LogP contribution is 2.33. The summed E-state index contributed by atoms with van der Waals surface area (Å²) in [6, 6.07) is 10.7. The molecular weight excluding hydrogens is 397 g/mol. The third-order valence-electron chi connectivity index (χ3n) is 5.04. The van der Waals surface area contributed by atoms with Crippen molar-refractivity contribution >= 4 is 40.1 Å². The number of carbonyl (C=O) groups excluding carboxylic acids is 1. The Balaban J connectivity index is 1.65. The number of rotatable bonds is 6. The lowest BCUT2D eigenvalue weighted by Gasteiger charge is -2.19. The summed E-state index contributed by atoms with van der Waals surface area (Å²) in [7, 11) is 3.30. The molecule has 1 aliphatic rings. The summed E-state index contributed by atoms with van der Waals surface area (Å²) in [5, 5.41) is 1.18. The zero-order valence-corrected chi connectivity index (χ0v) is 17.3. The zero-order chi connectivity index (χ0) is 19.8. The number of halogens is 2. The maximum atomic E-state index is 13.0. The van der Waals surface area contributed by atoms with Crippen molar-refractivity contribution in [3.63, 3.8) is 0 Å². The standard InChI is InChI=1S/C21H21Cl2N3O2/c1-25(21(27)16-9-14(22)6-8-19(16)28-2)12-20-24-17-7-5-15(23)10-18(17)26(20)11-13-3-4-13/h5-10,13H,3-4,11-12H2,1-2H3. The summed E-state index contributed by atoms with van der Waals surface area (Å²) in [6.07, 6.45) is 2.46. The third kappa shape index (κ3) is 3.82. The molecule has 0 aliphatic heterocycles. The van der Waals surface area contributed by atoms with Crippen LogP contribution >= 0.6 is 23.2 Å². The minimum Gasteiger partial charge on any atom is -0.496 e. The van der Waals surface area contributed by atoms with Crippen molar-refractivity contribution in [3.8, 4) is 5.75 Å². The van der Waals surface area contributed by atoms with E-state index < -0.39 is 0 Å². The van der Waals surface area contributed by atoms with Gasteiger partial charge in [0.1, 0.15) is 11.6 Å². The highest BCUT2D eigenvalue weighted by molar-refractivity contribution is 6.31. The number of amides is 1. The van der Waals surface area contributed by atoms with E-state index in [0.29, 0.717) is 33.8 Å². The number of aromatic nitrogens is 2.